The first-order chi connectivity index (χ1) is 11.6. The minimum Gasteiger partial charge on any atom is -0.422 e. The van der Waals surface area contributed by atoms with Crippen LogP contribution >= 0.6 is 0 Å². The Bertz CT molecular complexity index is 1000. The zero-order valence-electron chi connectivity index (χ0n) is 13.3. The van der Waals surface area contributed by atoms with Crippen LogP contribution in [-0.2, 0) is 4.84 Å². The van der Waals surface area contributed by atoms with Gasteiger partial charge in [0.2, 0.25) is 0 Å². The Morgan fingerprint density at radius 3 is 2.54 bits per heavy atom. The summed E-state index contributed by atoms with van der Waals surface area (Å²) < 4.78 is 5.25. The van der Waals surface area contributed by atoms with Crippen LogP contribution in [0.25, 0.3) is 11.0 Å². The molecule has 0 amide bonds. The van der Waals surface area contributed by atoms with Crippen molar-refractivity contribution in [3.05, 3.63) is 81.7 Å². The quantitative estimate of drug-likeness (QED) is 0.319. The first kappa shape index (κ1) is 15.7. The van der Waals surface area contributed by atoms with E-state index in [4.69, 9.17) is 9.25 Å². The first-order valence-corrected chi connectivity index (χ1v) is 7.41. The fourth-order valence-electron chi connectivity index (χ4n) is 2.32. The molecule has 2 aromatic carbocycles. The monoisotopic (exact) mass is 321 g/mol. The van der Waals surface area contributed by atoms with Crippen molar-refractivity contribution in [2.24, 2.45) is 5.16 Å². The molecule has 0 atom stereocenters. The van der Waals surface area contributed by atoms with Crippen molar-refractivity contribution in [1.82, 2.24) is 0 Å². The van der Waals surface area contributed by atoms with Gasteiger partial charge in [0.1, 0.15) is 5.58 Å². The Hall–Kier alpha value is -3.21. The molecule has 0 spiro atoms. The summed E-state index contributed by atoms with van der Waals surface area (Å²) in [7, 11) is 0. The highest BCUT2D eigenvalue weighted by Gasteiger charge is 2.12. The molecule has 3 aromatic rings. The van der Waals surface area contributed by atoms with Gasteiger partial charge in [-0.1, -0.05) is 41.6 Å². The molecule has 0 fully saturated rings. The molecule has 5 nitrogen and oxygen atoms in total. The van der Waals surface area contributed by atoms with Gasteiger partial charge in [-0.2, -0.15) is 0 Å². The van der Waals surface area contributed by atoms with Crippen molar-refractivity contribution >= 4 is 22.7 Å². The van der Waals surface area contributed by atoms with Crippen molar-refractivity contribution in [1.29, 1.82) is 0 Å². The molecular formula is C19H15NO4. The average molecular weight is 321 g/mol. The van der Waals surface area contributed by atoms with Crippen LogP contribution in [0.2, 0.25) is 0 Å². The van der Waals surface area contributed by atoms with Crippen LogP contribution in [-0.4, -0.2) is 11.7 Å². The molecule has 0 N–H and O–H groups in total. The maximum absolute atomic E-state index is 12.1. The molecule has 0 radical (unpaired) electrons. The number of rotatable bonds is 3. The molecule has 3 rings (SSSR count). The number of benzene rings is 2. The molecule has 0 saturated carbocycles. The molecule has 120 valence electrons. The lowest BCUT2D eigenvalue weighted by Gasteiger charge is -2.04. The molecule has 1 aromatic heterocycles. The normalized spacial score (nSPS) is 11.5. The highest BCUT2D eigenvalue weighted by molar-refractivity contribution is 6.01. The van der Waals surface area contributed by atoms with Crippen molar-refractivity contribution in [3.8, 4) is 0 Å². The lowest BCUT2D eigenvalue weighted by atomic mass is 10.1. The van der Waals surface area contributed by atoms with Crippen molar-refractivity contribution in [2.45, 2.75) is 13.8 Å². The molecule has 0 aliphatic heterocycles. The molecule has 24 heavy (non-hydrogen) atoms. The third-order valence-electron chi connectivity index (χ3n) is 3.66. The number of aryl methyl sites for hydroxylation is 1. The summed E-state index contributed by atoms with van der Waals surface area (Å²) in [4.78, 5) is 29.1. The van der Waals surface area contributed by atoms with Crippen molar-refractivity contribution in [2.75, 3.05) is 0 Å². The smallest absolute Gasteiger partial charge is 0.366 e. The number of carbonyl (C=O) groups is 1. The second-order valence-electron chi connectivity index (χ2n) is 5.36. The molecule has 0 bridgehead atoms. The van der Waals surface area contributed by atoms with E-state index in [0.717, 1.165) is 10.9 Å². The fourth-order valence-corrected chi connectivity index (χ4v) is 2.32. The van der Waals surface area contributed by atoms with Gasteiger partial charge in [0.15, 0.2) is 0 Å². The zero-order valence-corrected chi connectivity index (χ0v) is 13.3. The first-order valence-electron chi connectivity index (χ1n) is 7.41. The van der Waals surface area contributed by atoms with E-state index in [0.29, 0.717) is 11.1 Å². The topological polar surface area (TPSA) is 68.9 Å². The van der Waals surface area contributed by atoms with Crippen LogP contribution in [0, 0.1) is 6.92 Å². The van der Waals surface area contributed by atoms with E-state index in [-0.39, 0.29) is 11.3 Å². The van der Waals surface area contributed by atoms with E-state index in [1.807, 2.05) is 31.2 Å². The zero-order chi connectivity index (χ0) is 17.1. The number of fused-ring (bicyclic) bond motifs is 1. The average Bonchev–Trinajstić information content (AvgIpc) is 2.59. The third-order valence-corrected chi connectivity index (χ3v) is 3.66. The summed E-state index contributed by atoms with van der Waals surface area (Å²) in [5.41, 5.74) is 1.72. The van der Waals surface area contributed by atoms with E-state index >= 15 is 0 Å². The van der Waals surface area contributed by atoms with Crippen molar-refractivity contribution < 1.29 is 14.0 Å². The van der Waals surface area contributed by atoms with Gasteiger partial charge in [-0.25, -0.2) is 9.59 Å². The molecule has 1 heterocycles. The van der Waals surface area contributed by atoms with Gasteiger partial charge in [0, 0.05) is 5.39 Å². The van der Waals surface area contributed by atoms with Crippen LogP contribution < -0.4 is 5.63 Å². The van der Waals surface area contributed by atoms with Crippen molar-refractivity contribution in [3.63, 3.8) is 0 Å². The minimum absolute atomic E-state index is 0.256. The second kappa shape index (κ2) is 6.50. The van der Waals surface area contributed by atoms with Crippen LogP contribution in [0.1, 0.15) is 28.4 Å². The van der Waals surface area contributed by atoms with E-state index in [9.17, 15) is 9.59 Å². The Morgan fingerprint density at radius 1 is 1.04 bits per heavy atom. The summed E-state index contributed by atoms with van der Waals surface area (Å²) in [6.07, 6.45) is 0. The number of nitrogens with zero attached hydrogens (tertiary/aromatic N) is 1. The van der Waals surface area contributed by atoms with Crippen LogP contribution in [0.5, 0.6) is 0 Å². The summed E-state index contributed by atoms with van der Waals surface area (Å²) >= 11 is 0. The number of hydrogen-bond acceptors (Lipinski definition) is 5. The maximum Gasteiger partial charge on any atom is 0.366 e. The Kier molecular flexibility index (Phi) is 4.24. The number of hydrogen-bond donors (Lipinski definition) is 0. The molecule has 5 heteroatoms. The Balaban J connectivity index is 1.89. The lowest BCUT2D eigenvalue weighted by molar-refractivity contribution is 0.0515. The number of oxime groups is 1. The Labute approximate surface area is 138 Å². The number of para-hydroxylation sites is 1. The van der Waals surface area contributed by atoms with Gasteiger partial charge in [-0.05, 0) is 37.6 Å². The standard InChI is InChI=1S/C19H15NO4/c1-12-7-3-5-9-15(12)19(22)24-20-13(2)16-11-14-8-4-6-10-17(14)23-18(16)21/h3-11H,1-2H3/b20-13+. The predicted molar refractivity (Wildman–Crippen MR) is 91.3 cm³/mol. The predicted octanol–water partition coefficient (Wildman–Crippen LogP) is 3.68. The molecule has 0 aliphatic carbocycles. The maximum atomic E-state index is 12.1. The molecular weight excluding hydrogens is 306 g/mol. The highest BCUT2D eigenvalue weighted by atomic mass is 16.7. The van der Waals surface area contributed by atoms with Crippen LogP contribution in [0.4, 0.5) is 0 Å². The Morgan fingerprint density at radius 2 is 1.75 bits per heavy atom. The summed E-state index contributed by atoms with van der Waals surface area (Å²) in [5, 5.41) is 4.56. The summed E-state index contributed by atoms with van der Waals surface area (Å²) in [6, 6.07) is 15.9. The van der Waals surface area contributed by atoms with Crippen LogP contribution in [0.3, 0.4) is 0 Å². The van der Waals surface area contributed by atoms with Gasteiger partial charge in [-0.3, -0.25) is 0 Å². The molecule has 0 saturated heterocycles. The van der Waals surface area contributed by atoms with Gasteiger partial charge < -0.3 is 9.25 Å². The van der Waals surface area contributed by atoms with E-state index in [1.165, 1.54) is 0 Å². The summed E-state index contributed by atoms with van der Waals surface area (Å²) in [5.74, 6) is -0.572. The molecule has 0 unspecified atom stereocenters. The molecule has 0 aliphatic rings. The van der Waals surface area contributed by atoms with Gasteiger partial charge in [0.05, 0.1) is 16.8 Å². The fraction of sp³-hybridized carbons (Fsp3) is 0.105. The summed E-state index contributed by atoms with van der Waals surface area (Å²) in [6.45, 7) is 3.40. The second-order valence-corrected chi connectivity index (χ2v) is 5.36. The SMILES string of the molecule is C/C(=N\OC(=O)c1ccccc1C)c1cc2ccccc2oc1=O. The van der Waals surface area contributed by atoms with Gasteiger partial charge in [0.25, 0.3) is 0 Å². The van der Waals surface area contributed by atoms with Crippen LogP contribution in [0.15, 0.2) is 69.0 Å². The number of carbonyl (C=O) groups excluding carboxylic acids is 1. The third kappa shape index (κ3) is 3.10. The minimum atomic E-state index is -0.572. The van der Waals surface area contributed by atoms with E-state index in [1.54, 1.807) is 37.3 Å². The largest absolute Gasteiger partial charge is 0.422 e. The highest BCUT2D eigenvalue weighted by Crippen LogP contribution is 2.14. The van der Waals surface area contributed by atoms with E-state index < -0.39 is 11.6 Å². The van der Waals surface area contributed by atoms with Gasteiger partial charge >= 0.3 is 11.6 Å². The van der Waals surface area contributed by atoms with E-state index in [2.05, 4.69) is 5.16 Å². The van der Waals surface area contributed by atoms with Gasteiger partial charge in [-0.15, -0.1) is 0 Å². The lowest BCUT2D eigenvalue weighted by Crippen LogP contribution is -2.13.